The third-order valence-corrected chi connectivity index (χ3v) is 5.18. The number of hydrogen-bond acceptors (Lipinski definition) is 9. The Balaban J connectivity index is 1.69. The fourth-order valence-electron chi connectivity index (χ4n) is 3.68. The highest BCUT2D eigenvalue weighted by molar-refractivity contribution is 5.69. The van der Waals surface area contributed by atoms with E-state index in [1.54, 1.807) is 20.2 Å². The van der Waals surface area contributed by atoms with Gasteiger partial charge >= 0.3 is 5.97 Å². The monoisotopic (exact) mass is 428 g/mol. The number of nitrogens with zero attached hydrogens (tertiary/aromatic N) is 6. The van der Waals surface area contributed by atoms with E-state index >= 15 is 0 Å². The number of methoxy groups -OCH3 is 1. The number of carbonyl (C=O) groups excluding carboxylic acids is 1. The summed E-state index contributed by atoms with van der Waals surface area (Å²) in [5, 5.41) is 0. The molecule has 9 nitrogen and oxygen atoms in total. The molecule has 2 aromatic heterocycles. The van der Waals surface area contributed by atoms with Gasteiger partial charge in [-0.25, -0.2) is 19.9 Å². The minimum atomic E-state index is -0.474. The van der Waals surface area contributed by atoms with Crippen LogP contribution in [-0.4, -0.2) is 58.7 Å². The van der Waals surface area contributed by atoms with Crippen LogP contribution in [0.3, 0.4) is 0 Å². The zero-order valence-electron chi connectivity index (χ0n) is 19.0. The zero-order chi connectivity index (χ0) is 22.4. The molecule has 0 aromatic carbocycles. The van der Waals surface area contributed by atoms with E-state index in [1.807, 2.05) is 26.0 Å². The molecule has 9 heteroatoms. The molecule has 0 N–H and O–H groups in total. The number of esters is 1. The van der Waals surface area contributed by atoms with E-state index in [4.69, 9.17) is 9.47 Å². The molecule has 168 valence electrons. The van der Waals surface area contributed by atoms with E-state index in [0.29, 0.717) is 18.9 Å². The molecule has 1 fully saturated rings. The van der Waals surface area contributed by atoms with Gasteiger partial charge in [-0.05, 0) is 39.3 Å². The summed E-state index contributed by atoms with van der Waals surface area (Å²) < 4.78 is 10.7. The highest BCUT2D eigenvalue weighted by atomic mass is 16.5. The molecule has 2 aromatic rings. The molecule has 2 atom stereocenters. The van der Waals surface area contributed by atoms with Crippen molar-refractivity contribution in [2.24, 2.45) is 0 Å². The van der Waals surface area contributed by atoms with E-state index < -0.39 is 6.10 Å². The molecule has 0 spiro atoms. The van der Waals surface area contributed by atoms with E-state index in [1.165, 1.54) is 0 Å². The molecule has 1 aliphatic heterocycles. The summed E-state index contributed by atoms with van der Waals surface area (Å²) in [6.45, 7) is 10.7. The molecule has 3 heterocycles. The second kappa shape index (κ2) is 10.5. The Morgan fingerprint density at radius 3 is 2.81 bits per heavy atom. The molecule has 1 aliphatic rings. The number of rotatable bonds is 8. The van der Waals surface area contributed by atoms with Gasteiger partial charge in [0.2, 0.25) is 5.95 Å². The van der Waals surface area contributed by atoms with Crippen molar-refractivity contribution in [3.8, 4) is 0 Å². The first-order valence-electron chi connectivity index (χ1n) is 10.8. The van der Waals surface area contributed by atoms with Crippen LogP contribution in [0.4, 0.5) is 11.8 Å². The minimum absolute atomic E-state index is 0.198. The lowest BCUT2D eigenvalue weighted by Gasteiger charge is -2.40. The lowest BCUT2D eigenvalue weighted by Crippen LogP contribution is -2.53. The Morgan fingerprint density at radius 1 is 1.29 bits per heavy atom. The molecule has 0 bridgehead atoms. The van der Waals surface area contributed by atoms with E-state index in [-0.39, 0.29) is 12.0 Å². The van der Waals surface area contributed by atoms with Gasteiger partial charge in [0.05, 0.1) is 12.3 Å². The third-order valence-electron chi connectivity index (χ3n) is 5.18. The van der Waals surface area contributed by atoms with Crippen molar-refractivity contribution < 1.29 is 14.3 Å². The van der Waals surface area contributed by atoms with Crippen LogP contribution in [0.2, 0.25) is 0 Å². The largest absolute Gasteiger partial charge is 0.454 e. The van der Waals surface area contributed by atoms with Crippen LogP contribution in [0.15, 0.2) is 18.3 Å². The lowest BCUT2D eigenvalue weighted by molar-refractivity contribution is -0.149. The molecule has 0 aliphatic carbocycles. The average Bonchev–Trinajstić information content (AvgIpc) is 2.73. The maximum absolute atomic E-state index is 11.8. The van der Waals surface area contributed by atoms with Crippen molar-refractivity contribution in [1.82, 2.24) is 19.9 Å². The van der Waals surface area contributed by atoms with Gasteiger partial charge in [-0.2, -0.15) is 0 Å². The Kier molecular flexibility index (Phi) is 7.73. The molecular weight excluding hydrogens is 396 g/mol. The maximum Gasteiger partial charge on any atom is 0.306 e. The molecule has 0 unspecified atom stereocenters. The van der Waals surface area contributed by atoms with E-state index in [9.17, 15) is 4.79 Å². The highest BCUT2D eigenvalue weighted by Crippen LogP contribution is 2.23. The fraction of sp³-hybridized carbons (Fsp3) is 0.591. The topological polar surface area (TPSA) is 93.6 Å². The Labute approximate surface area is 183 Å². The van der Waals surface area contributed by atoms with Crippen molar-refractivity contribution in [2.45, 2.75) is 59.3 Å². The second-order valence-corrected chi connectivity index (χ2v) is 7.88. The zero-order valence-corrected chi connectivity index (χ0v) is 19.0. The fourth-order valence-corrected chi connectivity index (χ4v) is 3.68. The number of ether oxygens (including phenoxy) is 2. The van der Waals surface area contributed by atoms with Crippen molar-refractivity contribution in [1.29, 1.82) is 0 Å². The second-order valence-electron chi connectivity index (χ2n) is 7.88. The Hall–Kier alpha value is -2.81. The number of hydrogen-bond donors (Lipinski definition) is 0. The molecule has 0 saturated carbocycles. The standard InChI is InChI=1S/C22H32N6O3/c1-6-7-20(29)31-17(4)21-23-9-8-19(26-21)27-10-11-28(16(3)13-27)22-24-15(2)12-18(25-22)14-30-5/h8-9,12,16-17H,6-7,10-11,13-14H2,1-5H3/t16-,17+/m0/s1. The number of aryl methyl sites for hydroxylation is 1. The van der Waals surface area contributed by atoms with Gasteiger partial charge in [0, 0.05) is 51.1 Å². The molecule has 31 heavy (non-hydrogen) atoms. The average molecular weight is 429 g/mol. The number of aromatic nitrogens is 4. The van der Waals surface area contributed by atoms with Crippen LogP contribution in [0.5, 0.6) is 0 Å². The van der Waals surface area contributed by atoms with Gasteiger partial charge in [-0.3, -0.25) is 4.79 Å². The Bertz CT molecular complexity index is 893. The maximum atomic E-state index is 11.8. The SMILES string of the molecule is CCCC(=O)O[C@H](C)c1nccc(N2CCN(c3nc(C)cc(COC)n3)[C@@H](C)C2)n1. The number of carbonyl (C=O) groups is 1. The lowest BCUT2D eigenvalue weighted by atomic mass is 10.2. The highest BCUT2D eigenvalue weighted by Gasteiger charge is 2.27. The molecule has 3 rings (SSSR count). The molecule has 0 amide bonds. The van der Waals surface area contributed by atoms with Crippen molar-refractivity contribution >= 4 is 17.7 Å². The minimum Gasteiger partial charge on any atom is -0.454 e. The van der Waals surface area contributed by atoms with Crippen LogP contribution in [0, 0.1) is 6.92 Å². The predicted molar refractivity (Wildman–Crippen MR) is 118 cm³/mol. The first-order valence-corrected chi connectivity index (χ1v) is 10.8. The van der Waals surface area contributed by atoms with Crippen molar-refractivity contribution in [3.63, 3.8) is 0 Å². The normalized spacial score (nSPS) is 17.5. The summed E-state index contributed by atoms with van der Waals surface area (Å²) in [7, 11) is 1.67. The summed E-state index contributed by atoms with van der Waals surface area (Å²) in [6.07, 6.45) is 2.40. The summed E-state index contributed by atoms with van der Waals surface area (Å²) >= 11 is 0. The third kappa shape index (κ3) is 5.88. The number of piperazine rings is 1. The molecule has 1 saturated heterocycles. The van der Waals surface area contributed by atoms with Gasteiger partial charge in [-0.1, -0.05) is 6.92 Å². The molecular formula is C22H32N6O3. The van der Waals surface area contributed by atoms with Crippen molar-refractivity contribution in [2.75, 3.05) is 36.5 Å². The van der Waals surface area contributed by atoms with Crippen LogP contribution < -0.4 is 9.80 Å². The first-order chi connectivity index (χ1) is 14.9. The van der Waals surface area contributed by atoms with Crippen molar-refractivity contribution in [3.05, 3.63) is 35.5 Å². The summed E-state index contributed by atoms with van der Waals surface area (Å²) in [5.41, 5.74) is 1.81. The Morgan fingerprint density at radius 2 is 2.10 bits per heavy atom. The first kappa shape index (κ1) is 22.9. The summed E-state index contributed by atoms with van der Waals surface area (Å²) in [4.78, 5) is 34.5. The van der Waals surface area contributed by atoms with Gasteiger partial charge in [0.25, 0.3) is 0 Å². The quantitative estimate of drug-likeness (QED) is 0.588. The van der Waals surface area contributed by atoms with Gasteiger partial charge < -0.3 is 19.3 Å². The van der Waals surface area contributed by atoms with Crippen LogP contribution in [0.1, 0.15) is 56.9 Å². The van der Waals surface area contributed by atoms with Crippen LogP contribution in [0.25, 0.3) is 0 Å². The number of anilines is 2. The summed E-state index contributed by atoms with van der Waals surface area (Å²) in [6, 6.07) is 4.04. The van der Waals surface area contributed by atoms with E-state index in [2.05, 4.69) is 36.7 Å². The van der Waals surface area contributed by atoms with Gasteiger partial charge in [0.1, 0.15) is 5.82 Å². The predicted octanol–water partition coefficient (Wildman–Crippen LogP) is 2.84. The van der Waals surface area contributed by atoms with E-state index in [0.717, 1.165) is 49.2 Å². The van der Waals surface area contributed by atoms with Gasteiger partial charge in [0.15, 0.2) is 11.9 Å². The summed E-state index contributed by atoms with van der Waals surface area (Å²) in [5.74, 6) is 1.86. The van der Waals surface area contributed by atoms with Crippen LogP contribution in [-0.2, 0) is 20.9 Å². The molecule has 0 radical (unpaired) electrons. The van der Waals surface area contributed by atoms with Gasteiger partial charge in [-0.15, -0.1) is 0 Å². The van der Waals surface area contributed by atoms with Crippen LogP contribution >= 0.6 is 0 Å². The smallest absolute Gasteiger partial charge is 0.306 e.